The largest absolute Gasteiger partial charge is 0.298 e. The molecular formula is C14H16FNO. The van der Waals surface area contributed by atoms with Gasteiger partial charge in [0, 0.05) is 11.5 Å². The quantitative estimate of drug-likeness (QED) is 0.800. The number of hydrogen-bond donors (Lipinski definition) is 0. The molecule has 0 saturated heterocycles. The second-order valence-corrected chi connectivity index (χ2v) is 4.52. The van der Waals surface area contributed by atoms with Crippen molar-refractivity contribution < 1.29 is 9.18 Å². The van der Waals surface area contributed by atoms with Crippen molar-refractivity contribution in [3.05, 3.63) is 35.6 Å². The minimum Gasteiger partial charge on any atom is -0.298 e. The smallest absolute Gasteiger partial charge is 0.157 e. The SMILES string of the molecule is CC(C)C(C)C(=O)C(C#N)c1ccccc1F. The van der Waals surface area contributed by atoms with E-state index in [0.717, 1.165) is 0 Å². The summed E-state index contributed by atoms with van der Waals surface area (Å²) in [6.45, 7) is 5.61. The molecule has 3 heteroatoms. The highest BCUT2D eigenvalue weighted by atomic mass is 19.1. The van der Waals surface area contributed by atoms with Crippen LogP contribution in [0.4, 0.5) is 4.39 Å². The van der Waals surface area contributed by atoms with Gasteiger partial charge < -0.3 is 0 Å². The van der Waals surface area contributed by atoms with Gasteiger partial charge >= 0.3 is 0 Å². The van der Waals surface area contributed by atoms with E-state index in [4.69, 9.17) is 5.26 Å². The molecule has 0 amide bonds. The summed E-state index contributed by atoms with van der Waals surface area (Å²) in [6.07, 6.45) is 0. The molecule has 1 aromatic carbocycles. The average Bonchev–Trinajstić information content (AvgIpc) is 2.31. The van der Waals surface area contributed by atoms with E-state index in [0.29, 0.717) is 0 Å². The lowest BCUT2D eigenvalue weighted by Crippen LogP contribution is -2.23. The number of halogens is 1. The van der Waals surface area contributed by atoms with Gasteiger partial charge in [0.2, 0.25) is 0 Å². The molecule has 0 bridgehead atoms. The number of ketones is 1. The fraction of sp³-hybridized carbons (Fsp3) is 0.429. The molecule has 0 aliphatic heterocycles. The molecule has 0 radical (unpaired) electrons. The molecule has 2 unspecified atom stereocenters. The number of benzene rings is 1. The number of carbonyl (C=O) groups is 1. The van der Waals surface area contributed by atoms with E-state index in [1.807, 2.05) is 19.9 Å². The monoisotopic (exact) mass is 233 g/mol. The maximum atomic E-state index is 13.5. The molecular weight excluding hydrogens is 217 g/mol. The number of nitriles is 1. The molecule has 1 aromatic rings. The fourth-order valence-corrected chi connectivity index (χ4v) is 1.59. The average molecular weight is 233 g/mol. The van der Waals surface area contributed by atoms with E-state index in [2.05, 4.69) is 0 Å². The number of rotatable bonds is 4. The summed E-state index contributed by atoms with van der Waals surface area (Å²) in [7, 11) is 0. The highest BCUT2D eigenvalue weighted by Gasteiger charge is 2.28. The zero-order chi connectivity index (χ0) is 13.0. The van der Waals surface area contributed by atoms with Crippen LogP contribution < -0.4 is 0 Å². The Morgan fingerprint density at radius 1 is 1.29 bits per heavy atom. The number of nitrogens with zero attached hydrogens (tertiary/aromatic N) is 1. The van der Waals surface area contributed by atoms with Gasteiger partial charge in [-0.05, 0) is 12.0 Å². The minimum absolute atomic E-state index is 0.144. The van der Waals surface area contributed by atoms with Crippen LogP contribution in [0.25, 0.3) is 0 Å². The third-order valence-corrected chi connectivity index (χ3v) is 3.08. The van der Waals surface area contributed by atoms with E-state index in [9.17, 15) is 9.18 Å². The Morgan fingerprint density at radius 3 is 2.35 bits per heavy atom. The molecule has 2 nitrogen and oxygen atoms in total. The van der Waals surface area contributed by atoms with Crippen LogP contribution in [0.2, 0.25) is 0 Å². The second-order valence-electron chi connectivity index (χ2n) is 4.52. The first kappa shape index (κ1) is 13.4. The van der Waals surface area contributed by atoms with Crippen molar-refractivity contribution in [3.63, 3.8) is 0 Å². The van der Waals surface area contributed by atoms with Gasteiger partial charge in [0.1, 0.15) is 11.7 Å². The molecule has 0 fully saturated rings. The molecule has 0 aliphatic carbocycles. The molecule has 0 spiro atoms. The molecule has 0 aromatic heterocycles. The lowest BCUT2D eigenvalue weighted by Gasteiger charge is -2.18. The Morgan fingerprint density at radius 2 is 1.88 bits per heavy atom. The third kappa shape index (κ3) is 2.91. The first-order valence-electron chi connectivity index (χ1n) is 5.66. The van der Waals surface area contributed by atoms with Crippen molar-refractivity contribution in [1.29, 1.82) is 5.26 Å². The standard InChI is InChI=1S/C14H16FNO/c1-9(2)10(3)14(17)12(8-16)11-6-4-5-7-13(11)15/h4-7,9-10,12H,1-3H3. The molecule has 0 N–H and O–H groups in total. The topological polar surface area (TPSA) is 40.9 Å². The van der Waals surface area contributed by atoms with Crippen molar-refractivity contribution in [3.8, 4) is 6.07 Å². The molecule has 17 heavy (non-hydrogen) atoms. The van der Waals surface area contributed by atoms with Crippen LogP contribution in [-0.4, -0.2) is 5.78 Å². The zero-order valence-electron chi connectivity index (χ0n) is 10.3. The van der Waals surface area contributed by atoms with Gasteiger partial charge in [0.15, 0.2) is 5.78 Å². The van der Waals surface area contributed by atoms with Crippen LogP contribution in [-0.2, 0) is 4.79 Å². The van der Waals surface area contributed by atoms with E-state index in [1.54, 1.807) is 19.1 Å². The first-order valence-corrected chi connectivity index (χ1v) is 5.66. The first-order chi connectivity index (χ1) is 7.99. The molecule has 2 atom stereocenters. The molecule has 90 valence electrons. The van der Waals surface area contributed by atoms with Crippen LogP contribution in [0.1, 0.15) is 32.3 Å². The van der Waals surface area contributed by atoms with E-state index in [1.165, 1.54) is 12.1 Å². The normalized spacial score (nSPS) is 14.1. The summed E-state index contributed by atoms with van der Waals surface area (Å²) in [6, 6.07) is 7.85. The van der Waals surface area contributed by atoms with E-state index >= 15 is 0 Å². The predicted octanol–water partition coefficient (Wildman–Crippen LogP) is 3.29. The van der Waals surface area contributed by atoms with Crippen molar-refractivity contribution in [1.82, 2.24) is 0 Å². The van der Waals surface area contributed by atoms with Gasteiger partial charge in [0.05, 0.1) is 6.07 Å². The minimum atomic E-state index is -1.01. The van der Waals surface area contributed by atoms with Crippen molar-refractivity contribution in [2.75, 3.05) is 0 Å². The van der Waals surface area contributed by atoms with Gasteiger partial charge in [0.25, 0.3) is 0 Å². The third-order valence-electron chi connectivity index (χ3n) is 3.08. The Hall–Kier alpha value is -1.69. The van der Waals surface area contributed by atoms with Gasteiger partial charge in [-0.3, -0.25) is 4.79 Å². The lowest BCUT2D eigenvalue weighted by atomic mass is 9.83. The van der Waals surface area contributed by atoms with Crippen molar-refractivity contribution in [2.45, 2.75) is 26.7 Å². The second kappa shape index (κ2) is 5.58. The maximum absolute atomic E-state index is 13.5. The lowest BCUT2D eigenvalue weighted by molar-refractivity contribution is -0.123. The fourth-order valence-electron chi connectivity index (χ4n) is 1.59. The summed E-state index contributed by atoms with van der Waals surface area (Å²) in [5, 5.41) is 9.07. The number of Topliss-reactive ketones (excluding diaryl/α,β-unsaturated/α-hetero) is 1. The van der Waals surface area contributed by atoms with Gasteiger partial charge in [-0.1, -0.05) is 39.0 Å². The van der Waals surface area contributed by atoms with Gasteiger partial charge in [-0.2, -0.15) is 5.26 Å². The highest BCUT2D eigenvalue weighted by molar-refractivity contribution is 5.90. The van der Waals surface area contributed by atoms with Crippen molar-refractivity contribution in [2.24, 2.45) is 11.8 Å². The Labute approximate surface area is 101 Å². The molecule has 0 heterocycles. The number of hydrogen-bond acceptors (Lipinski definition) is 2. The van der Waals surface area contributed by atoms with Crippen LogP contribution in [0.15, 0.2) is 24.3 Å². The van der Waals surface area contributed by atoms with Crippen molar-refractivity contribution >= 4 is 5.78 Å². The summed E-state index contributed by atoms with van der Waals surface area (Å²) >= 11 is 0. The Bertz CT molecular complexity index is 448. The zero-order valence-corrected chi connectivity index (χ0v) is 10.3. The van der Waals surface area contributed by atoms with E-state index in [-0.39, 0.29) is 23.2 Å². The summed E-state index contributed by atoms with van der Waals surface area (Å²) in [5.41, 5.74) is 0.174. The Balaban J connectivity index is 3.06. The maximum Gasteiger partial charge on any atom is 0.157 e. The van der Waals surface area contributed by atoms with Crippen LogP contribution in [0, 0.1) is 29.0 Å². The molecule has 0 aliphatic rings. The summed E-state index contributed by atoms with van der Waals surface area (Å²) in [5.74, 6) is -1.83. The van der Waals surface area contributed by atoms with Crippen LogP contribution in [0.5, 0.6) is 0 Å². The summed E-state index contributed by atoms with van der Waals surface area (Å²) < 4.78 is 13.5. The van der Waals surface area contributed by atoms with Crippen LogP contribution >= 0.6 is 0 Å². The van der Waals surface area contributed by atoms with Crippen LogP contribution in [0.3, 0.4) is 0 Å². The molecule has 1 rings (SSSR count). The Kier molecular flexibility index (Phi) is 4.39. The van der Waals surface area contributed by atoms with Gasteiger partial charge in [-0.15, -0.1) is 0 Å². The van der Waals surface area contributed by atoms with Gasteiger partial charge in [-0.25, -0.2) is 4.39 Å². The summed E-state index contributed by atoms with van der Waals surface area (Å²) in [4.78, 5) is 12.1. The van der Waals surface area contributed by atoms with E-state index < -0.39 is 11.7 Å². The predicted molar refractivity (Wildman–Crippen MR) is 63.8 cm³/mol. The number of carbonyl (C=O) groups excluding carboxylic acids is 1. The highest BCUT2D eigenvalue weighted by Crippen LogP contribution is 2.25. The molecule has 0 saturated carbocycles.